The molecule has 19 heavy (non-hydrogen) atoms. The molecule has 1 aromatic carbocycles. The summed E-state index contributed by atoms with van der Waals surface area (Å²) in [6.45, 7) is 0. The molecule has 0 unspecified atom stereocenters. The summed E-state index contributed by atoms with van der Waals surface area (Å²) in [5.74, 6) is -3.00. The van der Waals surface area contributed by atoms with Crippen LogP contribution in [0.15, 0.2) is 18.2 Å². The van der Waals surface area contributed by atoms with Crippen LogP contribution in [0.1, 0.15) is 11.5 Å². The molecule has 0 aliphatic rings. The van der Waals surface area contributed by atoms with E-state index in [0.717, 1.165) is 26.4 Å². The Balaban J connectivity index is 3.24. The van der Waals surface area contributed by atoms with Gasteiger partial charge in [0.15, 0.2) is 5.92 Å². The molecule has 0 saturated carbocycles. The van der Waals surface area contributed by atoms with E-state index in [0.29, 0.717) is 0 Å². The van der Waals surface area contributed by atoms with E-state index in [1.54, 1.807) is 0 Å². The smallest absolute Gasteiger partial charge is 0.324 e. The monoisotopic (exact) mass is 287 g/mol. The molecule has 0 saturated heterocycles. The van der Waals surface area contributed by atoms with E-state index >= 15 is 0 Å². The molecule has 0 radical (unpaired) electrons. The van der Waals surface area contributed by atoms with Gasteiger partial charge in [0, 0.05) is 6.07 Å². The molecule has 0 fully saturated rings. The fraction of sp³-hybridized carbons (Fsp3) is 0.273. The molecule has 0 aliphatic heterocycles. The van der Waals surface area contributed by atoms with Crippen molar-refractivity contribution in [3.05, 3.63) is 38.9 Å². The number of halogens is 1. The second kappa shape index (κ2) is 6.14. The van der Waals surface area contributed by atoms with Gasteiger partial charge in [0.1, 0.15) is 5.02 Å². The van der Waals surface area contributed by atoms with Crippen LogP contribution in [0.3, 0.4) is 0 Å². The number of ether oxygens (including phenoxy) is 2. The quantitative estimate of drug-likeness (QED) is 0.362. The summed E-state index contributed by atoms with van der Waals surface area (Å²) >= 11 is 5.72. The number of nitro groups is 1. The van der Waals surface area contributed by atoms with Gasteiger partial charge in [-0.3, -0.25) is 19.7 Å². The van der Waals surface area contributed by atoms with Crippen LogP contribution in [0.4, 0.5) is 5.69 Å². The first-order valence-corrected chi connectivity index (χ1v) is 5.39. The van der Waals surface area contributed by atoms with Crippen molar-refractivity contribution in [3.8, 4) is 0 Å². The van der Waals surface area contributed by atoms with E-state index in [-0.39, 0.29) is 16.3 Å². The lowest BCUT2D eigenvalue weighted by Gasteiger charge is -2.12. The van der Waals surface area contributed by atoms with Crippen LogP contribution < -0.4 is 0 Å². The number of esters is 2. The van der Waals surface area contributed by atoms with Gasteiger partial charge in [-0.25, -0.2) is 0 Å². The lowest BCUT2D eigenvalue weighted by atomic mass is 9.99. The Morgan fingerprint density at radius 2 is 1.79 bits per heavy atom. The number of benzene rings is 1. The van der Waals surface area contributed by atoms with Gasteiger partial charge in [0.2, 0.25) is 0 Å². The number of methoxy groups -OCH3 is 2. The summed E-state index contributed by atoms with van der Waals surface area (Å²) < 4.78 is 8.98. The number of nitro benzene ring substituents is 1. The topological polar surface area (TPSA) is 95.7 Å². The predicted octanol–water partition coefficient (Wildman–Crippen LogP) is 1.68. The predicted molar refractivity (Wildman–Crippen MR) is 64.9 cm³/mol. The summed E-state index contributed by atoms with van der Waals surface area (Å²) in [5, 5.41) is 10.4. The third kappa shape index (κ3) is 3.19. The number of hydrogen-bond donors (Lipinski definition) is 0. The van der Waals surface area contributed by atoms with Gasteiger partial charge in [-0.15, -0.1) is 0 Å². The third-order valence-corrected chi connectivity index (χ3v) is 2.68. The van der Waals surface area contributed by atoms with E-state index in [4.69, 9.17) is 11.6 Å². The van der Waals surface area contributed by atoms with Crippen molar-refractivity contribution >= 4 is 29.2 Å². The molecule has 8 heteroatoms. The van der Waals surface area contributed by atoms with Crippen LogP contribution in [0.25, 0.3) is 0 Å². The number of carbonyl (C=O) groups is 2. The van der Waals surface area contributed by atoms with Crippen molar-refractivity contribution < 1.29 is 24.0 Å². The van der Waals surface area contributed by atoms with Crippen molar-refractivity contribution in [1.82, 2.24) is 0 Å². The Kier molecular flexibility index (Phi) is 4.82. The van der Waals surface area contributed by atoms with Gasteiger partial charge in [0.05, 0.1) is 19.1 Å². The average Bonchev–Trinajstić information content (AvgIpc) is 2.38. The highest BCUT2D eigenvalue weighted by Gasteiger charge is 2.31. The Morgan fingerprint density at radius 1 is 1.26 bits per heavy atom. The first-order valence-electron chi connectivity index (χ1n) is 5.01. The molecule has 0 spiro atoms. The zero-order valence-electron chi connectivity index (χ0n) is 10.1. The summed E-state index contributed by atoms with van der Waals surface area (Å²) in [4.78, 5) is 33.0. The first kappa shape index (κ1) is 14.9. The van der Waals surface area contributed by atoms with Crippen molar-refractivity contribution in [1.29, 1.82) is 0 Å². The molecule has 0 atom stereocenters. The second-order valence-corrected chi connectivity index (χ2v) is 3.85. The maximum Gasteiger partial charge on any atom is 0.324 e. The number of nitrogens with zero attached hydrogens (tertiary/aromatic N) is 1. The largest absolute Gasteiger partial charge is 0.468 e. The number of carbonyl (C=O) groups excluding carboxylic acids is 2. The zero-order chi connectivity index (χ0) is 14.6. The zero-order valence-corrected chi connectivity index (χ0v) is 10.8. The van der Waals surface area contributed by atoms with Crippen LogP contribution >= 0.6 is 11.6 Å². The van der Waals surface area contributed by atoms with Crippen molar-refractivity contribution in [3.63, 3.8) is 0 Å². The number of rotatable bonds is 4. The Hall–Kier alpha value is -2.15. The van der Waals surface area contributed by atoms with Gasteiger partial charge >= 0.3 is 11.9 Å². The molecular weight excluding hydrogens is 278 g/mol. The van der Waals surface area contributed by atoms with Gasteiger partial charge in [-0.05, 0) is 11.6 Å². The van der Waals surface area contributed by atoms with E-state index in [9.17, 15) is 19.7 Å². The minimum Gasteiger partial charge on any atom is -0.468 e. The highest BCUT2D eigenvalue weighted by atomic mass is 35.5. The molecule has 1 aromatic rings. The molecule has 1 rings (SSSR count). The maximum atomic E-state index is 11.5. The van der Waals surface area contributed by atoms with E-state index in [2.05, 4.69) is 9.47 Å². The van der Waals surface area contributed by atoms with Gasteiger partial charge in [0.25, 0.3) is 5.69 Å². The summed E-state index contributed by atoms with van der Waals surface area (Å²) in [6.07, 6.45) is 0. The summed E-state index contributed by atoms with van der Waals surface area (Å²) in [6, 6.07) is 3.53. The Morgan fingerprint density at radius 3 is 2.16 bits per heavy atom. The molecule has 0 heterocycles. The van der Waals surface area contributed by atoms with Crippen LogP contribution in [0.2, 0.25) is 5.02 Å². The van der Waals surface area contributed by atoms with E-state index < -0.39 is 22.8 Å². The van der Waals surface area contributed by atoms with Gasteiger partial charge in [-0.1, -0.05) is 17.7 Å². The maximum absolute atomic E-state index is 11.5. The van der Waals surface area contributed by atoms with Crippen LogP contribution in [0, 0.1) is 10.1 Å². The normalized spacial score (nSPS) is 10.1. The van der Waals surface area contributed by atoms with Crippen LogP contribution in [-0.2, 0) is 19.1 Å². The second-order valence-electron chi connectivity index (χ2n) is 3.45. The molecule has 102 valence electrons. The van der Waals surface area contributed by atoms with Crippen molar-refractivity contribution in [2.24, 2.45) is 0 Å². The molecule has 0 aromatic heterocycles. The van der Waals surface area contributed by atoms with E-state index in [1.165, 1.54) is 6.07 Å². The van der Waals surface area contributed by atoms with Crippen molar-refractivity contribution in [2.75, 3.05) is 14.2 Å². The van der Waals surface area contributed by atoms with Gasteiger partial charge < -0.3 is 9.47 Å². The lowest BCUT2D eigenvalue weighted by molar-refractivity contribution is -0.384. The molecule has 0 bridgehead atoms. The molecular formula is C11H10ClNO6. The summed E-state index contributed by atoms with van der Waals surface area (Å²) in [5.41, 5.74) is -0.159. The van der Waals surface area contributed by atoms with Gasteiger partial charge in [-0.2, -0.15) is 0 Å². The fourth-order valence-corrected chi connectivity index (χ4v) is 1.71. The first-order chi connectivity index (χ1) is 8.92. The van der Waals surface area contributed by atoms with Crippen LogP contribution in [0.5, 0.6) is 0 Å². The third-order valence-electron chi connectivity index (χ3n) is 2.38. The standard InChI is InChI=1S/C11H10ClNO6/c1-18-10(14)9(11(15)19-2)6-3-4-8(13(16)17)7(12)5-6/h3-5,9H,1-2H3. The minimum atomic E-state index is -1.33. The lowest BCUT2D eigenvalue weighted by Crippen LogP contribution is -2.24. The van der Waals surface area contributed by atoms with Crippen LogP contribution in [-0.4, -0.2) is 31.1 Å². The molecule has 0 aliphatic carbocycles. The average molecular weight is 288 g/mol. The highest BCUT2D eigenvalue weighted by molar-refractivity contribution is 6.32. The Labute approximate surface area is 113 Å². The Bertz CT molecular complexity index is 514. The van der Waals surface area contributed by atoms with Crippen molar-refractivity contribution in [2.45, 2.75) is 5.92 Å². The van der Waals surface area contributed by atoms with E-state index in [1.807, 2.05) is 0 Å². The number of hydrogen-bond acceptors (Lipinski definition) is 6. The minimum absolute atomic E-state index is 0.161. The molecule has 0 N–H and O–H groups in total. The molecule has 7 nitrogen and oxygen atoms in total. The highest BCUT2D eigenvalue weighted by Crippen LogP contribution is 2.29. The SMILES string of the molecule is COC(=O)C(C(=O)OC)c1ccc([N+](=O)[O-])c(Cl)c1. The summed E-state index contributed by atoms with van der Waals surface area (Å²) in [7, 11) is 2.23. The molecule has 0 amide bonds. The fourth-order valence-electron chi connectivity index (χ4n) is 1.45.